The molecule has 1 N–H and O–H groups in total. The smallest absolute Gasteiger partial charge is 0.293 e. The van der Waals surface area contributed by atoms with Crippen LogP contribution >= 0.6 is 23.1 Å². The first-order valence-electron chi connectivity index (χ1n) is 7.30. The number of nitrogens with zero attached hydrogens (tertiary/aromatic N) is 3. The largest absolute Gasteiger partial charge is 0.300 e. The minimum Gasteiger partial charge on any atom is -0.300 e. The number of aromatic nitrogens is 2. The van der Waals surface area contributed by atoms with Crippen LogP contribution in [0.15, 0.2) is 30.3 Å². The van der Waals surface area contributed by atoms with Crippen molar-refractivity contribution in [1.29, 1.82) is 0 Å². The molecule has 1 unspecified atom stereocenters. The van der Waals surface area contributed by atoms with Crippen LogP contribution in [0.4, 0.5) is 15.6 Å². The SMILES string of the molecule is CCc1nnc(NC(=O)CC2SC(=O)N(c3ccccc3)C2=O)s1. The highest BCUT2D eigenvalue weighted by Gasteiger charge is 2.41. The lowest BCUT2D eigenvalue weighted by atomic mass is 10.2. The quantitative estimate of drug-likeness (QED) is 0.879. The van der Waals surface area contributed by atoms with Crippen LogP contribution in [0.2, 0.25) is 0 Å². The molecule has 0 radical (unpaired) electrons. The first-order valence-corrected chi connectivity index (χ1v) is 9.00. The molecule has 2 aromatic rings. The van der Waals surface area contributed by atoms with E-state index in [1.54, 1.807) is 30.3 Å². The molecule has 1 aromatic heterocycles. The molecular weight excluding hydrogens is 348 g/mol. The molecule has 124 valence electrons. The third-order valence-corrected chi connectivity index (χ3v) is 5.34. The highest BCUT2D eigenvalue weighted by atomic mass is 32.2. The lowest BCUT2D eigenvalue weighted by Crippen LogP contribution is -2.32. The van der Waals surface area contributed by atoms with Gasteiger partial charge >= 0.3 is 0 Å². The second-order valence-electron chi connectivity index (χ2n) is 4.99. The summed E-state index contributed by atoms with van der Waals surface area (Å²) in [6.07, 6.45) is 0.657. The normalized spacial score (nSPS) is 17.4. The Balaban J connectivity index is 1.64. The Labute approximate surface area is 146 Å². The standard InChI is InChI=1S/C15H14N4O3S2/c1-2-12-17-18-14(24-12)16-11(20)8-10-13(21)19(15(22)23-10)9-6-4-3-5-7-9/h3-7,10H,2,8H2,1H3,(H,16,18,20). The van der Waals surface area contributed by atoms with Gasteiger partial charge in [-0.05, 0) is 30.3 Å². The number of nitrogens with one attached hydrogen (secondary N) is 1. The van der Waals surface area contributed by atoms with Crippen molar-refractivity contribution in [2.24, 2.45) is 0 Å². The first kappa shape index (κ1) is 16.6. The summed E-state index contributed by atoms with van der Waals surface area (Å²) in [7, 11) is 0. The lowest BCUT2D eigenvalue weighted by molar-refractivity contribution is -0.121. The molecule has 0 bridgehead atoms. The minimum absolute atomic E-state index is 0.0837. The number of imide groups is 1. The Morgan fingerprint density at radius 2 is 2.00 bits per heavy atom. The molecule has 3 amide bonds. The fourth-order valence-electron chi connectivity index (χ4n) is 2.18. The van der Waals surface area contributed by atoms with Gasteiger partial charge in [0.2, 0.25) is 16.9 Å². The van der Waals surface area contributed by atoms with E-state index in [4.69, 9.17) is 0 Å². The molecule has 0 saturated carbocycles. The highest BCUT2D eigenvalue weighted by molar-refractivity contribution is 8.15. The fourth-order valence-corrected chi connectivity index (χ4v) is 3.86. The van der Waals surface area contributed by atoms with Crippen LogP contribution in [0, 0.1) is 0 Å². The van der Waals surface area contributed by atoms with Crippen molar-refractivity contribution in [1.82, 2.24) is 10.2 Å². The van der Waals surface area contributed by atoms with E-state index >= 15 is 0 Å². The molecule has 9 heteroatoms. The van der Waals surface area contributed by atoms with Gasteiger partial charge in [0.1, 0.15) is 10.3 Å². The van der Waals surface area contributed by atoms with Crippen LogP contribution in [0.3, 0.4) is 0 Å². The topological polar surface area (TPSA) is 92.3 Å². The molecule has 24 heavy (non-hydrogen) atoms. The Kier molecular flexibility index (Phi) is 4.91. The number of para-hydroxylation sites is 1. The Morgan fingerprint density at radius 1 is 1.25 bits per heavy atom. The van der Waals surface area contributed by atoms with E-state index in [9.17, 15) is 14.4 Å². The number of thioether (sulfide) groups is 1. The molecule has 0 aliphatic carbocycles. The van der Waals surface area contributed by atoms with Gasteiger partial charge in [-0.25, -0.2) is 4.90 Å². The molecule has 3 rings (SSSR count). The first-order chi connectivity index (χ1) is 11.6. The molecule has 1 aliphatic heterocycles. The second kappa shape index (κ2) is 7.10. The zero-order valence-corrected chi connectivity index (χ0v) is 14.4. The van der Waals surface area contributed by atoms with Crippen LogP contribution in [-0.4, -0.2) is 32.5 Å². The van der Waals surface area contributed by atoms with E-state index in [1.807, 2.05) is 6.92 Å². The van der Waals surface area contributed by atoms with E-state index in [2.05, 4.69) is 15.5 Å². The summed E-state index contributed by atoms with van der Waals surface area (Å²) in [5, 5.41) is 10.5. The van der Waals surface area contributed by atoms with Gasteiger partial charge < -0.3 is 5.32 Å². The van der Waals surface area contributed by atoms with Crippen molar-refractivity contribution in [3.05, 3.63) is 35.3 Å². The molecule has 1 aliphatic rings. The average molecular weight is 362 g/mol. The maximum atomic E-state index is 12.4. The molecule has 2 heterocycles. The van der Waals surface area contributed by atoms with Crippen molar-refractivity contribution in [3.8, 4) is 0 Å². The minimum atomic E-state index is -0.726. The van der Waals surface area contributed by atoms with E-state index in [0.717, 1.165) is 28.1 Å². The molecular formula is C15H14N4O3S2. The van der Waals surface area contributed by atoms with Gasteiger partial charge in [-0.1, -0.05) is 36.5 Å². The van der Waals surface area contributed by atoms with Gasteiger partial charge in [-0.3, -0.25) is 14.4 Å². The molecule has 1 atom stereocenters. The number of carbonyl (C=O) groups is 3. The predicted molar refractivity (Wildman–Crippen MR) is 93.2 cm³/mol. The second-order valence-corrected chi connectivity index (χ2v) is 7.20. The van der Waals surface area contributed by atoms with Crippen molar-refractivity contribution in [2.45, 2.75) is 25.0 Å². The summed E-state index contributed by atoms with van der Waals surface area (Å²) < 4.78 is 0. The van der Waals surface area contributed by atoms with Gasteiger partial charge in [0.25, 0.3) is 5.24 Å². The molecule has 1 fully saturated rings. The van der Waals surface area contributed by atoms with Crippen molar-refractivity contribution in [3.63, 3.8) is 0 Å². The number of anilines is 2. The summed E-state index contributed by atoms with van der Waals surface area (Å²) in [5.74, 6) is -0.736. The molecule has 1 aromatic carbocycles. The Hall–Kier alpha value is -2.26. The van der Waals surface area contributed by atoms with Crippen molar-refractivity contribution >= 4 is 51.0 Å². The van der Waals surface area contributed by atoms with E-state index in [0.29, 0.717) is 10.8 Å². The molecule has 7 nitrogen and oxygen atoms in total. The van der Waals surface area contributed by atoms with Crippen LogP contribution in [0.5, 0.6) is 0 Å². The third-order valence-electron chi connectivity index (χ3n) is 3.32. The number of amides is 3. The Morgan fingerprint density at radius 3 is 2.67 bits per heavy atom. The summed E-state index contributed by atoms with van der Waals surface area (Å²) in [6.45, 7) is 1.95. The van der Waals surface area contributed by atoms with Gasteiger partial charge in [-0.2, -0.15) is 0 Å². The van der Waals surface area contributed by atoms with E-state index in [-0.39, 0.29) is 23.5 Å². The number of benzene rings is 1. The third kappa shape index (κ3) is 3.46. The zero-order chi connectivity index (χ0) is 17.1. The highest BCUT2D eigenvalue weighted by Crippen LogP contribution is 2.33. The number of rotatable bonds is 5. The summed E-state index contributed by atoms with van der Waals surface area (Å²) >= 11 is 2.16. The maximum absolute atomic E-state index is 12.4. The fraction of sp³-hybridized carbons (Fsp3) is 0.267. The monoisotopic (exact) mass is 362 g/mol. The number of aryl methyl sites for hydroxylation is 1. The van der Waals surface area contributed by atoms with E-state index in [1.165, 1.54) is 11.3 Å². The van der Waals surface area contributed by atoms with Crippen LogP contribution in [0.1, 0.15) is 18.4 Å². The van der Waals surface area contributed by atoms with Crippen molar-refractivity contribution in [2.75, 3.05) is 10.2 Å². The molecule has 0 spiro atoms. The van der Waals surface area contributed by atoms with Gasteiger partial charge in [-0.15, -0.1) is 10.2 Å². The van der Waals surface area contributed by atoms with Gasteiger partial charge in [0.05, 0.1) is 5.69 Å². The van der Waals surface area contributed by atoms with Crippen LogP contribution in [-0.2, 0) is 16.0 Å². The zero-order valence-electron chi connectivity index (χ0n) is 12.8. The summed E-state index contributed by atoms with van der Waals surface area (Å²) in [5.41, 5.74) is 0.514. The Bertz CT molecular complexity index is 778. The van der Waals surface area contributed by atoms with Gasteiger partial charge in [0.15, 0.2) is 0 Å². The maximum Gasteiger partial charge on any atom is 0.293 e. The number of hydrogen-bond acceptors (Lipinski definition) is 7. The van der Waals surface area contributed by atoms with Crippen LogP contribution in [0.25, 0.3) is 0 Å². The molecule has 1 saturated heterocycles. The number of carbonyl (C=O) groups excluding carboxylic acids is 3. The lowest BCUT2D eigenvalue weighted by Gasteiger charge is -2.13. The van der Waals surface area contributed by atoms with Crippen LogP contribution < -0.4 is 10.2 Å². The number of hydrogen-bond donors (Lipinski definition) is 1. The van der Waals surface area contributed by atoms with Gasteiger partial charge in [0, 0.05) is 6.42 Å². The summed E-state index contributed by atoms with van der Waals surface area (Å²) in [6, 6.07) is 8.68. The van der Waals surface area contributed by atoms with Crippen molar-refractivity contribution < 1.29 is 14.4 Å². The summed E-state index contributed by atoms with van der Waals surface area (Å²) in [4.78, 5) is 37.7. The van der Waals surface area contributed by atoms with E-state index < -0.39 is 5.25 Å². The predicted octanol–water partition coefficient (Wildman–Crippen LogP) is 2.70. The average Bonchev–Trinajstić information content (AvgIpc) is 3.13.